The number of carbonyl (C=O) groups excluding carboxylic acids is 2. The van der Waals surface area contributed by atoms with Crippen LogP contribution < -0.4 is 0 Å². The van der Waals surface area contributed by atoms with Gasteiger partial charge >= 0.3 is 0 Å². The summed E-state index contributed by atoms with van der Waals surface area (Å²) in [5.74, 6) is -0.859. The van der Waals surface area contributed by atoms with E-state index in [4.69, 9.17) is 0 Å². The second-order valence-electron chi connectivity index (χ2n) is 7.61. The first-order valence-electron chi connectivity index (χ1n) is 10.5. The van der Waals surface area contributed by atoms with Gasteiger partial charge in [-0.2, -0.15) is 4.31 Å². The molecule has 1 amide bonds. The number of halogens is 1. The van der Waals surface area contributed by atoms with Gasteiger partial charge in [-0.3, -0.25) is 9.59 Å². The summed E-state index contributed by atoms with van der Waals surface area (Å²) in [5.41, 5.74) is 1.78. The van der Waals surface area contributed by atoms with E-state index in [1.165, 1.54) is 28.1 Å². The topological polar surface area (TPSA) is 74.8 Å². The van der Waals surface area contributed by atoms with Crippen LogP contribution in [0.25, 0.3) is 0 Å². The lowest BCUT2D eigenvalue weighted by Gasteiger charge is -2.34. The van der Waals surface area contributed by atoms with Gasteiger partial charge in [0.05, 0.1) is 4.90 Å². The van der Waals surface area contributed by atoms with Crippen LogP contribution in [-0.2, 0) is 21.2 Å². The van der Waals surface area contributed by atoms with E-state index in [1.54, 1.807) is 17.0 Å². The van der Waals surface area contributed by atoms with E-state index in [1.807, 2.05) is 12.1 Å². The zero-order valence-electron chi connectivity index (χ0n) is 17.6. The lowest BCUT2D eigenvalue weighted by Crippen LogP contribution is -2.50. The maximum Gasteiger partial charge on any atom is 0.243 e. The quantitative estimate of drug-likeness (QED) is 0.584. The van der Waals surface area contributed by atoms with E-state index in [0.29, 0.717) is 5.56 Å². The number of nitrogens with zero attached hydrogens (tertiary/aromatic N) is 2. The number of ketones is 1. The van der Waals surface area contributed by atoms with E-state index in [9.17, 15) is 22.4 Å². The minimum atomic E-state index is -3.80. The minimum Gasteiger partial charge on any atom is -0.340 e. The van der Waals surface area contributed by atoms with Crippen LogP contribution in [0.15, 0.2) is 53.4 Å². The Morgan fingerprint density at radius 1 is 0.968 bits per heavy atom. The second kappa shape index (κ2) is 10.2. The Balaban J connectivity index is 1.50. The maximum absolute atomic E-state index is 13.4. The molecule has 6 nitrogen and oxygen atoms in total. The number of hydrogen-bond acceptors (Lipinski definition) is 4. The smallest absolute Gasteiger partial charge is 0.243 e. The molecule has 1 saturated heterocycles. The van der Waals surface area contributed by atoms with Crippen molar-refractivity contribution in [2.75, 3.05) is 26.2 Å². The average Bonchev–Trinajstić information content (AvgIpc) is 2.78. The first-order valence-corrected chi connectivity index (χ1v) is 11.9. The maximum atomic E-state index is 13.4. The first-order chi connectivity index (χ1) is 14.8. The first kappa shape index (κ1) is 23.1. The highest BCUT2D eigenvalue weighted by molar-refractivity contribution is 7.89. The molecule has 1 fully saturated rings. The molecule has 1 aliphatic heterocycles. The summed E-state index contributed by atoms with van der Waals surface area (Å²) in [7, 11) is -3.80. The number of amides is 1. The highest BCUT2D eigenvalue weighted by Gasteiger charge is 2.30. The Morgan fingerprint density at radius 3 is 2.26 bits per heavy atom. The predicted molar refractivity (Wildman–Crippen MR) is 116 cm³/mol. The third-order valence-electron chi connectivity index (χ3n) is 5.41. The van der Waals surface area contributed by atoms with Gasteiger partial charge < -0.3 is 4.90 Å². The molecule has 0 spiro atoms. The van der Waals surface area contributed by atoms with E-state index in [0.717, 1.165) is 18.9 Å². The summed E-state index contributed by atoms with van der Waals surface area (Å²) in [4.78, 5) is 26.4. The van der Waals surface area contributed by atoms with E-state index in [-0.39, 0.29) is 55.6 Å². The molecule has 2 aromatic rings. The number of sulfonamides is 1. The molecule has 0 bridgehead atoms. The van der Waals surface area contributed by atoms with Crippen LogP contribution in [0.5, 0.6) is 0 Å². The van der Waals surface area contributed by atoms with Gasteiger partial charge in [-0.25, -0.2) is 12.8 Å². The molecule has 1 heterocycles. The van der Waals surface area contributed by atoms with Crippen molar-refractivity contribution in [2.24, 2.45) is 0 Å². The molecule has 0 saturated carbocycles. The summed E-state index contributed by atoms with van der Waals surface area (Å²) in [6, 6.07) is 12.4. The van der Waals surface area contributed by atoms with Crippen molar-refractivity contribution in [2.45, 2.75) is 37.5 Å². The third kappa shape index (κ3) is 5.77. The van der Waals surface area contributed by atoms with Gasteiger partial charge in [0.25, 0.3) is 0 Å². The molecule has 0 radical (unpaired) electrons. The zero-order valence-corrected chi connectivity index (χ0v) is 18.4. The van der Waals surface area contributed by atoms with Crippen molar-refractivity contribution in [3.8, 4) is 0 Å². The Morgan fingerprint density at radius 2 is 1.65 bits per heavy atom. The molecular weight excluding hydrogens is 419 g/mol. The van der Waals surface area contributed by atoms with Crippen LogP contribution in [0, 0.1) is 5.82 Å². The van der Waals surface area contributed by atoms with Crippen molar-refractivity contribution in [3.63, 3.8) is 0 Å². The lowest BCUT2D eigenvalue weighted by molar-refractivity contribution is -0.132. The lowest BCUT2D eigenvalue weighted by atomic mass is 10.0. The van der Waals surface area contributed by atoms with Crippen LogP contribution in [0.2, 0.25) is 0 Å². The average molecular weight is 447 g/mol. The summed E-state index contributed by atoms with van der Waals surface area (Å²) < 4.78 is 40.0. The molecule has 0 aliphatic carbocycles. The monoisotopic (exact) mass is 446 g/mol. The Labute approximate surface area is 182 Å². The van der Waals surface area contributed by atoms with Crippen LogP contribution in [0.4, 0.5) is 4.39 Å². The highest BCUT2D eigenvalue weighted by Crippen LogP contribution is 2.19. The molecular formula is C23H27FN2O4S. The molecule has 3 rings (SSSR count). The zero-order chi connectivity index (χ0) is 22.4. The van der Waals surface area contributed by atoms with Crippen LogP contribution in [-0.4, -0.2) is 55.5 Å². The Hall–Kier alpha value is -2.58. The molecule has 0 aromatic heterocycles. The van der Waals surface area contributed by atoms with Gasteiger partial charge in [-0.1, -0.05) is 43.7 Å². The van der Waals surface area contributed by atoms with Crippen LogP contribution in [0.3, 0.4) is 0 Å². The van der Waals surface area contributed by atoms with E-state index >= 15 is 0 Å². The largest absolute Gasteiger partial charge is 0.340 e. The minimum absolute atomic E-state index is 0.0799. The summed E-state index contributed by atoms with van der Waals surface area (Å²) in [6.45, 7) is 2.86. The Kier molecular flexibility index (Phi) is 7.56. The van der Waals surface area contributed by atoms with Gasteiger partial charge in [0.2, 0.25) is 15.9 Å². The van der Waals surface area contributed by atoms with Gasteiger partial charge in [0.15, 0.2) is 5.78 Å². The normalized spacial score (nSPS) is 15.1. The molecule has 31 heavy (non-hydrogen) atoms. The molecule has 166 valence electrons. The Bertz CT molecular complexity index is 1030. The molecule has 0 atom stereocenters. The fourth-order valence-corrected chi connectivity index (χ4v) is 5.08. The number of carbonyl (C=O) groups is 2. The summed E-state index contributed by atoms with van der Waals surface area (Å²) >= 11 is 0. The number of rotatable bonds is 8. The number of hydrogen-bond donors (Lipinski definition) is 0. The van der Waals surface area contributed by atoms with Crippen LogP contribution in [0.1, 0.15) is 42.1 Å². The van der Waals surface area contributed by atoms with Gasteiger partial charge in [0.1, 0.15) is 5.82 Å². The fraction of sp³-hybridized carbons (Fsp3) is 0.391. The van der Waals surface area contributed by atoms with Gasteiger partial charge in [-0.05, 0) is 30.2 Å². The van der Waals surface area contributed by atoms with Crippen molar-refractivity contribution in [1.82, 2.24) is 9.21 Å². The van der Waals surface area contributed by atoms with Crippen molar-refractivity contribution in [1.29, 1.82) is 0 Å². The molecule has 0 unspecified atom stereocenters. The second-order valence-corrected chi connectivity index (χ2v) is 9.55. The van der Waals surface area contributed by atoms with Crippen molar-refractivity contribution >= 4 is 21.7 Å². The van der Waals surface area contributed by atoms with Crippen molar-refractivity contribution in [3.05, 3.63) is 65.5 Å². The van der Waals surface area contributed by atoms with Crippen molar-refractivity contribution < 1.29 is 22.4 Å². The fourth-order valence-electron chi connectivity index (χ4n) is 3.62. The van der Waals surface area contributed by atoms with Gasteiger partial charge in [0, 0.05) is 44.6 Å². The van der Waals surface area contributed by atoms with E-state index in [2.05, 4.69) is 6.92 Å². The molecule has 1 aliphatic rings. The SMILES string of the molecule is CCCc1ccc(C(=O)CCC(=O)N2CCN(S(=O)(=O)c3cccc(F)c3)CC2)cc1. The number of Topliss-reactive ketones (excluding diaryl/α,β-unsaturated/α-hetero) is 1. The standard InChI is InChI=1S/C23H27FN2O4S/c1-2-4-18-7-9-19(10-8-18)22(27)11-12-23(28)25-13-15-26(16-14-25)31(29,30)21-6-3-5-20(24)17-21/h3,5-10,17H,2,4,11-16H2,1H3. The van der Waals surface area contributed by atoms with Crippen LogP contribution >= 0.6 is 0 Å². The highest BCUT2D eigenvalue weighted by atomic mass is 32.2. The molecule has 0 N–H and O–H groups in total. The number of benzene rings is 2. The van der Waals surface area contributed by atoms with E-state index < -0.39 is 15.8 Å². The predicted octanol–water partition coefficient (Wildman–Crippen LogP) is 3.27. The number of aryl methyl sites for hydroxylation is 1. The summed E-state index contributed by atoms with van der Waals surface area (Å²) in [6.07, 6.45) is 2.21. The molecule has 2 aromatic carbocycles. The number of piperazine rings is 1. The third-order valence-corrected chi connectivity index (χ3v) is 7.30. The molecule has 8 heteroatoms. The summed E-state index contributed by atoms with van der Waals surface area (Å²) in [5, 5.41) is 0. The van der Waals surface area contributed by atoms with Gasteiger partial charge in [-0.15, -0.1) is 0 Å².